The normalized spacial score (nSPS) is 19.7. The number of carbonyl (C=O) groups excluding carboxylic acids is 2. The molecular formula is C27H32N2O6. The Morgan fingerprint density at radius 1 is 1.11 bits per heavy atom. The van der Waals surface area contributed by atoms with Gasteiger partial charge < -0.3 is 24.8 Å². The number of benzene rings is 2. The second-order valence-electron chi connectivity index (χ2n) is 9.22. The molecule has 186 valence electrons. The number of nitrogens with zero attached hydrogens (tertiary/aromatic N) is 1. The first-order valence-corrected chi connectivity index (χ1v) is 12.1. The first-order chi connectivity index (χ1) is 16.8. The molecule has 1 unspecified atom stereocenters. The number of carboxylic acids is 1. The van der Waals surface area contributed by atoms with Crippen LogP contribution in [-0.2, 0) is 19.1 Å². The van der Waals surface area contributed by atoms with Gasteiger partial charge in [-0.15, -0.1) is 0 Å². The molecule has 8 nitrogen and oxygen atoms in total. The molecule has 0 radical (unpaired) electrons. The van der Waals surface area contributed by atoms with E-state index in [2.05, 4.69) is 29.6 Å². The number of amides is 2. The Morgan fingerprint density at radius 2 is 1.74 bits per heavy atom. The Balaban J connectivity index is 1.33. The monoisotopic (exact) mass is 480 g/mol. The van der Waals surface area contributed by atoms with E-state index in [4.69, 9.17) is 9.47 Å². The van der Waals surface area contributed by atoms with Crippen LogP contribution in [0.2, 0.25) is 0 Å². The zero-order valence-electron chi connectivity index (χ0n) is 20.2. The van der Waals surface area contributed by atoms with Gasteiger partial charge in [0.2, 0.25) is 5.91 Å². The minimum Gasteiger partial charge on any atom is -0.480 e. The Morgan fingerprint density at radius 3 is 2.34 bits per heavy atom. The van der Waals surface area contributed by atoms with Crippen molar-refractivity contribution in [3.63, 3.8) is 0 Å². The summed E-state index contributed by atoms with van der Waals surface area (Å²) in [6.45, 7) is 4.43. The summed E-state index contributed by atoms with van der Waals surface area (Å²) in [5.74, 6) is -1.34. The number of fused-ring (bicyclic) bond motifs is 3. The predicted molar refractivity (Wildman–Crippen MR) is 130 cm³/mol. The highest BCUT2D eigenvalue weighted by Crippen LogP contribution is 2.44. The highest BCUT2D eigenvalue weighted by Gasteiger charge is 2.46. The molecule has 4 rings (SSSR count). The first-order valence-electron chi connectivity index (χ1n) is 12.1. The summed E-state index contributed by atoms with van der Waals surface area (Å²) in [5, 5.41) is 12.3. The number of nitrogens with one attached hydrogen (secondary N) is 1. The quantitative estimate of drug-likeness (QED) is 0.566. The molecule has 1 fully saturated rings. The Hall–Kier alpha value is -3.39. The van der Waals surface area contributed by atoms with Crippen LogP contribution >= 0.6 is 0 Å². The zero-order valence-corrected chi connectivity index (χ0v) is 20.2. The van der Waals surface area contributed by atoms with Crippen molar-refractivity contribution in [1.29, 1.82) is 0 Å². The summed E-state index contributed by atoms with van der Waals surface area (Å²) in [6, 6.07) is 16.2. The second kappa shape index (κ2) is 10.5. The van der Waals surface area contributed by atoms with Gasteiger partial charge in [-0.05, 0) is 48.9 Å². The number of alkyl carbamates (subject to hydrolysis) is 1. The van der Waals surface area contributed by atoms with Crippen molar-refractivity contribution >= 4 is 18.0 Å². The van der Waals surface area contributed by atoms with Crippen LogP contribution in [-0.4, -0.2) is 65.9 Å². The summed E-state index contributed by atoms with van der Waals surface area (Å²) in [4.78, 5) is 38.5. The minimum atomic E-state index is -1.20. The van der Waals surface area contributed by atoms with Crippen LogP contribution in [0.5, 0.6) is 0 Å². The SMILES string of the molecule is CCOC(CNC(=O)OCC1c2ccccc2-c2ccccc21)CC(=O)N1CCC[C@@]1(C)C(=O)O. The van der Waals surface area contributed by atoms with Gasteiger partial charge in [-0.1, -0.05) is 48.5 Å². The van der Waals surface area contributed by atoms with Gasteiger partial charge in [-0.25, -0.2) is 9.59 Å². The van der Waals surface area contributed by atoms with E-state index in [0.717, 1.165) is 22.3 Å². The number of carbonyl (C=O) groups is 3. The maximum absolute atomic E-state index is 12.9. The lowest BCUT2D eigenvalue weighted by Gasteiger charge is -2.32. The molecule has 8 heteroatoms. The van der Waals surface area contributed by atoms with Crippen molar-refractivity contribution in [3.8, 4) is 11.1 Å². The fourth-order valence-corrected chi connectivity index (χ4v) is 5.16. The molecule has 0 aromatic heterocycles. The van der Waals surface area contributed by atoms with Gasteiger partial charge in [0, 0.05) is 25.6 Å². The fourth-order valence-electron chi connectivity index (χ4n) is 5.16. The van der Waals surface area contributed by atoms with Crippen LogP contribution in [0.4, 0.5) is 4.79 Å². The maximum Gasteiger partial charge on any atom is 0.407 e. The van der Waals surface area contributed by atoms with Gasteiger partial charge in [0.1, 0.15) is 12.1 Å². The molecule has 35 heavy (non-hydrogen) atoms. The third-order valence-corrected chi connectivity index (χ3v) is 7.03. The molecular weight excluding hydrogens is 448 g/mol. The lowest BCUT2D eigenvalue weighted by atomic mass is 9.98. The van der Waals surface area contributed by atoms with Crippen molar-refractivity contribution in [2.24, 2.45) is 0 Å². The Bertz CT molecular complexity index is 1060. The van der Waals surface area contributed by atoms with E-state index in [1.165, 1.54) is 4.90 Å². The smallest absolute Gasteiger partial charge is 0.407 e. The van der Waals surface area contributed by atoms with Crippen LogP contribution in [0.25, 0.3) is 11.1 Å². The molecule has 1 aliphatic carbocycles. The highest BCUT2D eigenvalue weighted by atomic mass is 16.5. The fraction of sp³-hybridized carbons (Fsp3) is 0.444. The maximum atomic E-state index is 12.9. The van der Waals surface area contributed by atoms with E-state index in [9.17, 15) is 19.5 Å². The van der Waals surface area contributed by atoms with E-state index in [-0.39, 0.29) is 31.4 Å². The highest BCUT2D eigenvalue weighted by molar-refractivity contribution is 5.87. The van der Waals surface area contributed by atoms with E-state index >= 15 is 0 Å². The van der Waals surface area contributed by atoms with Crippen molar-refractivity contribution in [2.45, 2.75) is 50.7 Å². The topological polar surface area (TPSA) is 105 Å². The zero-order chi connectivity index (χ0) is 25.0. The largest absolute Gasteiger partial charge is 0.480 e. The van der Waals surface area contributed by atoms with Crippen LogP contribution < -0.4 is 5.32 Å². The van der Waals surface area contributed by atoms with Gasteiger partial charge in [0.05, 0.1) is 12.5 Å². The third kappa shape index (κ3) is 5.03. The molecule has 2 aliphatic rings. The van der Waals surface area contributed by atoms with Gasteiger partial charge in [-0.3, -0.25) is 4.79 Å². The molecule has 0 bridgehead atoms. The van der Waals surface area contributed by atoms with Crippen LogP contribution in [0.15, 0.2) is 48.5 Å². The molecule has 2 N–H and O–H groups in total. The van der Waals surface area contributed by atoms with E-state index in [1.807, 2.05) is 31.2 Å². The lowest BCUT2D eigenvalue weighted by molar-refractivity contribution is -0.156. The Labute approximate surface area is 205 Å². The summed E-state index contributed by atoms with van der Waals surface area (Å²) >= 11 is 0. The second-order valence-corrected chi connectivity index (χ2v) is 9.22. The number of carboxylic acid groups (broad SMARTS) is 1. The van der Waals surface area contributed by atoms with Crippen molar-refractivity contribution in [1.82, 2.24) is 10.2 Å². The predicted octanol–water partition coefficient (Wildman–Crippen LogP) is 3.79. The van der Waals surface area contributed by atoms with Gasteiger partial charge >= 0.3 is 12.1 Å². The summed E-state index contributed by atoms with van der Waals surface area (Å²) < 4.78 is 11.2. The number of rotatable bonds is 9. The van der Waals surface area contributed by atoms with Crippen LogP contribution in [0, 0.1) is 0 Å². The molecule has 1 aliphatic heterocycles. The number of hydrogen-bond donors (Lipinski definition) is 2. The lowest BCUT2D eigenvalue weighted by Crippen LogP contribution is -2.52. The average Bonchev–Trinajstić information content (AvgIpc) is 3.40. The number of hydrogen-bond acceptors (Lipinski definition) is 5. The van der Waals surface area contributed by atoms with Gasteiger partial charge in [0.25, 0.3) is 0 Å². The standard InChI is InChI=1S/C27H32N2O6/c1-3-34-18(15-24(30)29-14-8-13-27(29,2)25(31)32)16-28-26(33)35-17-23-21-11-6-4-9-19(21)20-10-5-7-12-22(20)23/h4-7,9-12,18,23H,3,8,13-17H2,1-2H3,(H,28,33)(H,31,32)/t18?,27-/m0/s1. The molecule has 2 amide bonds. The Kier molecular flexibility index (Phi) is 7.40. The van der Waals surface area contributed by atoms with Crippen LogP contribution in [0.3, 0.4) is 0 Å². The van der Waals surface area contributed by atoms with E-state index < -0.39 is 23.7 Å². The van der Waals surface area contributed by atoms with Gasteiger partial charge in [0.15, 0.2) is 0 Å². The molecule has 0 saturated carbocycles. The van der Waals surface area contributed by atoms with Crippen LogP contribution in [0.1, 0.15) is 50.2 Å². The van der Waals surface area contributed by atoms with Crippen molar-refractivity contribution < 1.29 is 29.0 Å². The summed E-state index contributed by atoms with van der Waals surface area (Å²) in [5.41, 5.74) is 3.37. The molecule has 2 aromatic carbocycles. The van der Waals surface area contributed by atoms with Crippen molar-refractivity contribution in [2.75, 3.05) is 26.3 Å². The summed E-state index contributed by atoms with van der Waals surface area (Å²) in [7, 11) is 0. The molecule has 1 heterocycles. The number of aliphatic carboxylic acids is 1. The molecule has 1 saturated heterocycles. The molecule has 2 aromatic rings. The van der Waals surface area contributed by atoms with E-state index in [1.54, 1.807) is 6.92 Å². The molecule has 0 spiro atoms. The summed E-state index contributed by atoms with van der Waals surface area (Å²) in [6.07, 6.45) is -0.107. The average molecular weight is 481 g/mol. The third-order valence-electron chi connectivity index (χ3n) is 7.03. The first kappa shape index (κ1) is 24.7. The number of likely N-dealkylation sites (tertiary alicyclic amines) is 1. The van der Waals surface area contributed by atoms with E-state index in [0.29, 0.717) is 26.0 Å². The number of ether oxygens (including phenoxy) is 2. The van der Waals surface area contributed by atoms with Gasteiger partial charge in [-0.2, -0.15) is 0 Å². The van der Waals surface area contributed by atoms with Crippen molar-refractivity contribution in [3.05, 3.63) is 59.7 Å². The minimum absolute atomic E-state index is 0.0135. The molecule has 2 atom stereocenters.